The van der Waals surface area contributed by atoms with Crippen molar-refractivity contribution in [2.24, 2.45) is 0 Å². The second-order valence-electron chi connectivity index (χ2n) is 3.63. The standard InChI is InChI=1S/C13H9N3O2.ClH/c14-16-10-6-7-12(11(8-10)13(17)18)15-9-4-2-1-3-5-9;/h1-8,15H;1H. The third-order valence-corrected chi connectivity index (χ3v) is 2.40. The first kappa shape index (κ1) is 14.5. The van der Waals surface area contributed by atoms with Gasteiger partial charge in [-0.3, -0.25) is 0 Å². The minimum absolute atomic E-state index is 0. The quantitative estimate of drug-likeness (QED) is 0.805. The van der Waals surface area contributed by atoms with Crippen LogP contribution in [0.4, 0.5) is 17.1 Å². The van der Waals surface area contributed by atoms with E-state index in [-0.39, 0.29) is 23.7 Å². The largest absolute Gasteiger partial charge is 1.00 e. The number of para-hydroxylation sites is 1. The van der Waals surface area contributed by atoms with Crippen molar-refractivity contribution >= 4 is 23.0 Å². The van der Waals surface area contributed by atoms with E-state index in [1.165, 1.54) is 12.1 Å². The number of anilines is 2. The van der Waals surface area contributed by atoms with E-state index in [2.05, 4.69) is 10.3 Å². The van der Waals surface area contributed by atoms with Crippen LogP contribution in [0, 0.1) is 5.39 Å². The van der Waals surface area contributed by atoms with Crippen LogP contribution < -0.4 is 17.7 Å². The van der Waals surface area contributed by atoms with Gasteiger partial charge in [-0.2, -0.15) is 0 Å². The van der Waals surface area contributed by atoms with Gasteiger partial charge >= 0.3 is 11.7 Å². The third kappa shape index (κ3) is 3.44. The molecular weight excluding hydrogens is 266 g/mol. The van der Waals surface area contributed by atoms with E-state index in [0.29, 0.717) is 5.69 Å². The summed E-state index contributed by atoms with van der Waals surface area (Å²) in [4.78, 5) is 14.1. The number of hydrogen-bond acceptors (Lipinski definition) is 3. The molecule has 0 bridgehead atoms. The molecule has 0 aliphatic rings. The number of diazo groups is 1. The molecule has 2 aromatic rings. The summed E-state index contributed by atoms with van der Waals surface area (Å²) in [5.74, 6) is -1.08. The zero-order valence-electron chi connectivity index (χ0n) is 9.75. The van der Waals surface area contributed by atoms with E-state index in [1.54, 1.807) is 6.07 Å². The molecule has 0 aromatic heterocycles. The highest BCUT2D eigenvalue weighted by Gasteiger charge is 2.15. The zero-order valence-corrected chi connectivity index (χ0v) is 10.5. The number of nitrogens with zero attached hydrogens (tertiary/aromatic N) is 2. The maximum absolute atomic E-state index is 11.1. The molecule has 0 saturated heterocycles. The van der Waals surface area contributed by atoms with Crippen molar-refractivity contribution in [3.63, 3.8) is 0 Å². The van der Waals surface area contributed by atoms with Crippen LogP contribution in [0.25, 0.3) is 4.98 Å². The smallest absolute Gasteiger partial charge is 0.386 e. The Morgan fingerprint density at radius 2 is 1.84 bits per heavy atom. The lowest BCUT2D eigenvalue weighted by Gasteiger charge is -2.08. The molecule has 19 heavy (non-hydrogen) atoms. The fourth-order valence-electron chi connectivity index (χ4n) is 1.56. The summed E-state index contributed by atoms with van der Waals surface area (Å²) in [5.41, 5.74) is 1.48. The average molecular weight is 276 g/mol. The fraction of sp³-hybridized carbons (Fsp3) is 0. The lowest BCUT2D eigenvalue weighted by atomic mass is 10.1. The predicted molar refractivity (Wildman–Crippen MR) is 67.9 cm³/mol. The molecular formula is C13H10ClN3O2. The minimum Gasteiger partial charge on any atom is -1.00 e. The van der Waals surface area contributed by atoms with Gasteiger partial charge < -0.3 is 22.8 Å². The predicted octanol–water partition coefficient (Wildman–Crippen LogP) is 0.617. The highest BCUT2D eigenvalue weighted by atomic mass is 35.5. The number of benzene rings is 2. The maximum Gasteiger partial charge on any atom is 0.386 e. The van der Waals surface area contributed by atoms with E-state index >= 15 is 0 Å². The Morgan fingerprint density at radius 3 is 2.42 bits per heavy atom. The Balaban J connectivity index is 0.00000180. The molecule has 0 heterocycles. The Bertz CT molecular complexity index is 624. The molecule has 0 aliphatic carbocycles. The van der Waals surface area contributed by atoms with Gasteiger partial charge in [0.1, 0.15) is 0 Å². The molecule has 6 heteroatoms. The van der Waals surface area contributed by atoms with Gasteiger partial charge in [0, 0.05) is 11.8 Å². The minimum atomic E-state index is -1.08. The maximum atomic E-state index is 11.1. The molecule has 2 N–H and O–H groups in total. The summed E-state index contributed by atoms with van der Waals surface area (Å²) in [6, 6.07) is 13.6. The Kier molecular flexibility index (Phi) is 4.86. The Morgan fingerprint density at radius 1 is 1.16 bits per heavy atom. The van der Waals surface area contributed by atoms with E-state index in [4.69, 9.17) is 10.5 Å². The monoisotopic (exact) mass is 275 g/mol. The van der Waals surface area contributed by atoms with Crippen LogP contribution >= 0.6 is 0 Å². The van der Waals surface area contributed by atoms with E-state index in [0.717, 1.165) is 5.69 Å². The lowest BCUT2D eigenvalue weighted by Crippen LogP contribution is -3.00. The molecule has 2 rings (SSSR count). The summed E-state index contributed by atoms with van der Waals surface area (Å²) in [5, 5.41) is 20.7. The van der Waals surface area contributed by atoms with Gasteiger partial charge in [-0.05, 0) is 18.2 Å². The number of carboxylic acids is 1. The molecule has 0 radical (unpaired) electrons. The first-order valence-electron chi connectivity index (χ1n) is 5.25. The summed E-state index contributed by atoms with van der Waals surface area (Å²) in [6.45, 7) is 0. The molecule has 2 aromatic carbocycles. The molecule has 96 valence electrons. The van der Waals surface area contributed by atoms with Crippen LogP contribution in [0.1, 0.15) is 10.4 Å². The highest BCUT2D eigenvalue weighted by molar-refractivity contribution is 5.96. The zero-order chi connectivity index (χ0) is 13.0. The van der Waals surface area contributed by atoms with Crippen molar-refractivity contribution in [1.82, 2.24) is 0 Å². The van der Waals surface area contributed by atoms with Crippen molar-refractivity contribution < 1.29 is 22.3 Å². The van der Waals surface area contributed by atoms with Crippen molar-refractivity contribution in [2.45, 2.75) is 0 Å². The topological polar surface area (TPSA) is 77.5 Å². The lowest BCUT2D eigenvalue weighted by molar-refractivity contribution is -0.0000194. The molecule has 0 amide bonds. The molecule has 0 fully saturated rings. The highest BCUT2D eigenvalue weighted by Crippen LogP contribution is 2.25. The second kappa shape index (κ2) is 6.38. The summed E-state index contributed by atoms with van der Waals surface area (Å²) < 4.78 is 0. The first-order chi connectivity index (χ1) is 8.70. The molecule has 0 spiro atoms. The van der Waals surface area contributed by atoms with E-state index in [1.807, 2.05) is 30.3 Å². The van der Waals surface area contributed by atoms with Gasteiger partial charge in [0.05, 0.1) is 17.3 Å². The summed E-state index contributed by atoms with van der Waals surface area (Å²) in [7, 11) is 0. The number of halogens is 1. The molecule has 0 aliphatic heterocycles. The normalized spacial score (nSPS) is 9.00. The molecule has 0 saturated carbocycles. The van der Waals surface area contributed by atoms with Crippen LogP contribution in [-0.2, 0) is 0 Å². The van der Waals surface area contributed by atoms with Crippen molar-refractivity contribution in [1.29, 1.82) is 5.39 Å². The number of carboxylic acid groups (broad SMARTS) is 1. The average Bonchev–Trinajstić information content (AvgIpc) is 2.40. The van der Waals surface area contributed by atoms with Crippen LogP contribution in [0.5, 0.6) is 0 Å². The Labute approximate surface area is 115 Å². The van der Waals surface area contributed by atoms with Crippen LogP contribution in [0.3, 0.4) is 0 Å². The fourth-order valence-corrected chi connectivity index (χ4v) is 1.56. The Hall–Kier alpha value is -2.58. The van der Waals surface area contributed by atoms with Gasteiger partial charge in [0.2, 0.25) is 5.39 Å². The summed E-state index contributed by atoms with van der Waals surface area (Å²) in [6.07, 6.45) is 0. The van der Waals surface area contributed by atoms with Crippen LogP contribution in [0.15, 0.2) is 48.5 Å². The SMILES string of the molecule is N#[N+]c1ccc(Nc2ccccc2)c(C(=O)O)c1.[Cl-]. The van der Waals surface area contributed by atoms with Crippen LogP contribution in [0.2, 0.25) is 0 Å². The van der Waals surface area contributed by atoms with Crippen molar-refractivity contribution in [3.05, 3.63) is 59.1 Å². The van der Waals surface area contributed by atoms with Gasteiger partial charge in [-0.1, -0.05) is 18.2 Å². The molecule has 5 nitrogen and oxygen atoms in total. The van der Waals surface area contributed by atoms with E-state index < -0.39 is 5.97 Å². The number of aromatic carboxylic acids is 1. The van der Waals surface area contributed by atoms with Crippen molar-refractivity contribution in [2.75, 3.05) is 5.32 Å². The first-order valence-corrected chi connectivity index (χ1v) is 5.25. The molecule has 0 unspecified atom stereocenters. The van der Waals surface area contributed by atoms with Gasteiger partial charge in [0.25, 0.3) is 0 Å². The molecule has 0 atom stereocenters. The third-order valence-electron chi connectivity index (χ3n) is 2.40. The summed E-state index contributed by atoms with van der Waals surface area (Å²) >= 11 is 0. The van der Waals surface area contributed by atoms with Gasteiger partial charge in [-0.15, -0.1) is 0 Å². The number of rotatable bonds is 3. The van der Waals surface area contributed by atoms with Gasteiger partial charge in [-0.25, -0.2) is 4.79 Å². The number of carbonyl (C=O) groups is 1. The number of hydrogen-bond donors (Lipinski definition) is 2. The van der Waals surface area contributed by atoms with E-state index in [9.17, 15) is 4.79 Å². The van der Waals surface area contributed by atoms with Gasteiger partial charge in [0.15, 0.2) is 4.98 Å². The van der Waals surface area contributed by atoms with Crippen molar-refractivity contribution in [3.8, 4) is 0 Å². The second-order valence-corrected chi connectivity index (χ2v) is 3.63. The number of nitrogens with one attached hydrogen (secondary N) is 1. The van der Waals surface area contributed by atoms with Crippen LogP contribution in [-0.4, -0.2) is 11.1 Å².